The number of rotatable bonds is 3. The van der Waals surface area contributed by atoms with Gasteiger partial charge >= 0.3 is 5.97 Å². The van der Waals surface area contributed by atoms with Crippen molar-refractivity contribution in [3.63, 3.8) is 0 Å². The van der Waals surface area contributed by atoms with Gasteiger partial charge in [-0.3, -0.25) is 0 Å². The molecule has 1 aliphatic carbocycles. The largest absolute Gasteiger partial charge is 0.458 e. The Balaban J connectivity index is 2.25. The Morgan fingerprint density at radius 3 is 3.08 bits per heavy atom. The SMILES string of the molecule is CC=CC(=O)OCC1=CCCCC1. The third-order valence-electron chi connectivity index (χ3n) is 2.09. The van der Waals surface area contributed by atoms with Gasteiger partial charge in [0, 0.05) is 6.08 Å². The fraction of sp³-hybridized carbons (Fsp3) is 0.545. The summed E-state index contributed by atoms with van der Waals surface area (Å²) in [4.78, 5) is 10.9. The van der Waals surface area contributed by atoms with Gasteiger partial charge in [0.2, 0.25) is 0 Å². The molecular weight excluding hydrogens is 164 g/mol. The number of esters is 1. The Hall–Kier alpha value is -1.05. The average molecular weight is 180 g/mol. The molecule has 0 aromatic carbocycles. The zero-order valence-corrected chi connectivity index (χ0v) is 8.08. The monoisotopic (exact) mass is 180 g/mol. The molecule has 0 unspecified atom stereocenters. The van der Waals surface area contributed by atoms with Gasteiger partial charge in [-0.15, -0.1) is 0 Å². The summed E-state index contributed by atoms with van der Waals surface area (Å²) in [6, 6.07) is 0. The molecule has 0 aliphatic heterocycles. The Labute approximate surface area is 79.3 Å². The second-order valence-corrected chi connectivity index (χ2v) is 3.22. The van der Waals surface area contributed by atoms with Gasteiger partial charge in [-0.2, -0.15) is 0 Å². The van der Waals surface area contributed by atoms with Crippen molar-refractivity contribution in [2.24, 2.45) is 0 Å². The number of hydrogen-bond acceptors (Lipinski definition) is 2. The Bertz CT molecular complexity index is 226. The third-order valence-corrected chi connectivity index (χ3v) is 2.09. The lowest BCUT2D eigenvalue weighted by Gasteiger charge is -2.11. The maximum Gasteiger partial charge on any atom is 0.330 e. The van der Waals surface area contributed by atoms with Crippen molar-refractivity contribution < 1.29 is 9.53 Å². The van der Waals surface area contributed by atoms with E-state index < -0.39 is 0 Å². The molecule has 2 nitrogen and oxygen atoms in total. The summed E-state index contributed by atoms with van der Waals surface area (Å²) >= 11 is 0. The highest BCUT2D eigenvalue weighted by molar-refractivity contribution is 5.81. The van der Waals surface area contributed by atoms with Crippen LogP contribution >= 0.6 is 0 Å². The lowest BCUT2D eigenvalue weighted by Crippen LogP contribution is -2.06. The van der Waals surface area contributed by atoms with E-state index in [0.29, 0.717) is 6.61 Å². The first-order valence-corrected chi connectivity index (χ1v) is 4.80. The molecule has 13 heavy (non-hydrogen) atoms. The molecule has 0 bridgehead atoms. The number of carbonyl (C=O) groups is 1. The number of hydrogen-bond donors (Lipinski definition) is 0. The minimum atomic E-state index is -0.242. The molecule has 0 aromatic heterocycles. The minimum absolute atomic E-state index is 0.242. The van der Waals surface area contributed by atoms with Crippen LogP contribution < -0.4 is 0 Å². The van der Waals surface area contributed by atoms with Gasteiger partial charge in [0.15, 0.2) is 0 Å². The van der Waals surface area contributed by atoms with Crippen LogP contribution in [0.25, 0.3) is 0 Å². The molecule has 1 rings (SSSR count). The van der Waals surface area contributed by atoms with Gasteiger partial charge in [-0.05, 0) is 38.2 Å². The van der Waals surface area contributed by atoms with Crippen LogP contribution in [-0.4, -0.2) is 12.6 Å². The van der Waals surface area contributed by atoms with Crippen LogP contribution in [0.15, 0.2) is 23.8 Å². The van der Waals surface area contributed by atoms with Gasteiger partial charge in [-0.25, -0.2) is 4.79 Å². The number of allylic oxidation sites excluding steroid dienone is 2. The maximum absolute atomic E-state index is 10.9. The van der Waals surface area contributed by atoms with E-state index >= 15 is 0 Å². The van der Waals surface area contributed by atoms with Crippen LogP contribution in [0.4, 0.5) is 0 Å². The van der Waals surface area contributed by atoms with Crippen molar-refractivity contribution >= 4 is 5.97 Å². The zero-order valence-electron chi connectivity index (χ0n) is 8.08. The summed E-state index contributed by atoms with van der Waals surface area (Å²) in [7, 11) is 0. The van der Waals surface area contributed by atoms with E-state index in [1.54, 1.807) is 13.0 Å². The molecule has 0 heterocycles. The van der Waals surface area contributed by atoms with Crippen LogP contribution in [-0.2, 0) is 9.53 Å². The van der Waals surface area contributed by atoms with Gasteiger partial charge in [0.1, 0.15) is 6.61 Å². The lowest BCUT2D eigenvalue weighted by molar-refractivity contribution is -0.136. The van der Waals surface area contributed by atoms with Crippen molar-refractivity contribution in [1.82, 2.24) is 0 Å². The molecule has 0 saturated carbocycles. The molecule has 0 aromatic rings. The molecule has 0 spiro atoms. The van der Waals surface area contributed by atoms with Gasteiger partial charge in [0.05, 0.1) is 0 Å². The van der Waals surface area contributed by atoms with Crippen molar-refractivity contribution in [2.75, 3.05) is 6.61 Å². The Morgan fingerprint density at radius 1 is 1.62 bits per heavy atom. The highest BCUT2D eigenvalue weighted by atomic mass is 16.5. The van der Waals surface area contributed by atoms with Gasteiger partial charge in [-0.1, -0.05) is 12.2 Å². The first-order valence-electron chi connectivity index (χ1n) is 4.80. The molecule has 0 saturated heterocycles. The topological polar surface area (TPSA) is 26.3 Å². The second-order valence-electron chi connectivity index (χ2n) is 3.22. The molecule has 0 fully saturated rings. The molecule has 0 amide bonds. The fourth-order valence-electron chi connectivity index (χ4n) is 1.38. The molecule has 0 radical (unpaired) electrons. The van der Waals surface area contributed by atoms with E-state index in [9.17, 15) is 4.79 Å². The molecule has 72 valence electrons. The standard InChI is InChI=1S/C11H16O2/c1-2-6-11(12)13-9-10-7-4-3-5-8-10/h2,6-7H,3-5,8-9H2,1H3. The summed E-state index contributed by atoms with van der Waals surface area (Å²) in [5.41, 5.74) is 1.27. The summed E-state index contributed by atoms with van der Waals surface area (Å²) in [5.74, 6) is -0.242. The van der Waals surface area contributed by atoms with Crippen LogP contribution in [0.3, 0.4) is 0 Å². The first kappa shape index (κ1) is 10.0. The summed E-state index contributed by atoms with van der Waals surface area (Å²) < 4.78 is 5.03. The van der Waals surface area contributed by atoms with Crippen molar-refractivity contribution in [2.45, 2.75) is 32.6 Å². The highest BCUT2D eigenvalue weighted by Gasteiger charge is 2.05. The molecule has 2 heteroatoms. The number of ether oxygens (including phenoxy) is 1. The van der Waals surface area contributed by atoms with E-state index in [2.05, 4.69) is 6.08 Å². The van der Waals surface area contributed by atoms with Crippen molar-refractivity contribution in [3.8, 4) is 0 Å². The van der Waals surface area contributed by atoms with E-state index in [0.717, 1.165) is 12.8 Å². The fourth-order valence-corrected chi connectivity index (χ4v) is 1.38. The van der Waals surface area contributed by atoms with Crippen LogP contribution in [0.2, 0.25) is 0 Å². The predicted molar refractivity (Wildman–Crippen MR) is 52.3 cm³/mol. The Morgan fingerprint density at radius 2 is 2.46 bits per heavy atom. The molecule has 1 aliphatic rings. The summed E-state index contributed by atoms with van der Waals surface area (Å²) in [6.45, 7) is 2.28. The molecule has 0 N–H and O–H groups in total. The minimum Gasteiger partial charge on any atom is -0.458 e. The smallest absolute Gasteiger partial charge is 0.330 e. The number of carbonyl (C=O) groups excluding carboxylic acids is 1. The zero-order chi connectivity index (χ0) is 9.52. The first-order chi connectivity index (χ1) is 6.33. The van der Waals surface area contributed by atoms with E-state index in [-0.39, 0.29) is 5.97 Å². The van der Waals surface area contributed by atoms with Crippen LogP contribution in [0.5, 0.6) is 0 Å². The summed E-state index contributed by atoms with van der Waals surface area (Å²) in [5, 5.41) is 0. The second kappa shape index (κ2) is 5.57. The molecule has 0 atom stereocenters. The van der Waals surface area contributed by atoms with Crippen LogP contribution in [0.1, 0.15) is 32.6 Å². The third kappa shape index (κ3) is 3.92. The maximum atomic E-state index is 10.9. The van der Waals surface area contributed by atoms with Gasteiger partial charge < -0.3 is 4.74 Å². The predicted octanol–water partition coefficient (Wildman–Crippen LogP) is 2.61. The van der Waals surface area contributed by atoms with E-state index in [1.807, 2.05) is 0 Å². The normalized spacial score (nSPS) is 17.2. The average Bonchev–Trinajstić information content (AvgIpc) is 2.17. The van der Waals surface area contributed by atoms with E-state index in [4.69, 9.17) is 4.74 Å². The van der Waals surface area contributed by atoms with Crippen molar-refractivity contribution in [1.29, 1.82) is 0 Å². The highest BCUT2D eigenvalue weighted by Crippen LogP contribution is 2.17. The van der Waals surface area contributed by atoms with E-state index in [1.165, 1.54) is 24.5 Å². The lowest BCUT2D eigenvalue weighted by atomic mass is 10.0. The van der Waals surface area contributed by atoms with Gasteiger partial charge in [0.25, 0.3) is 0 Å². The molecular formula is C11H16O2. The Kier molecular flexibility index (Phi) is 4.30. The summed E-state index contributed by atoms with van der Waals surface area (Å²) in [6.07, 6.45) is 10.0. The van der Waals surface area contributed by atoms with Crippen LogP contribution in [0, 0.1) is 0 Å². The quantitative estimate of drug-likeness (QED) is 0.379. The van der Waals surface area contributed by atoms with Crippen molar-refractivity contribution in [3.05, 3.63) is 23.8 Å².